The molecule has 1 saturated heterocycles. The van der Waals surface area contributed by atoms with Crippen LogP contribution in [0.15, 0.2) is 41.1 Å². The Bertz CT molecular complexity index is 949. The summed E-state index contributed by atoms with van der Waals surface area (Å²) in [5, 5.41) is 8.18. The molecule has 0 radical (unpaired) electrons. The summed E-state index contributed by atoms with van der Waals surface area (Å²) in [6, 6.07) is 10.4. The zero-order valence-electron chi connectivity index (χ0n) is 16.3. The Labute approximate surface area is 169 Å². The average Bonchev–Trinajstić information content (AvgIpc) is 3.22. The molecule has 1 aliphatic rings. The van der Waals surface area contributed by atoms with Gasteiger partial charge in [0.25, 0.3) is 0 Å². The first-order valence-electron chi connectivity index (χ1n) is 9.66. The third kappa shape index (κ3) is 4.15. The number of para-hydroxylation sites is 1. The Balaban J connectivity index is 1.54. The fourth-order valence-electron chi connectivity index (χ4n) is 3.51. The van der Waals surface area contributed by atoms with Gasteiger partial charge in [-0.1, -0.05) is 12.1 Å². The Morgan fingerprint density at radius 2 is 1.93 bits per heavy atom. The first-order valence-corrected chi connectivity index (χ1v) is 10.6. The summed E-state index contributed by atoms with van der Waals surface area (Å²) in [5.41, 5.74) is 2.02. The lowest BCUT2D eigenvalue weighted by Crippen LogP contribution is -2.50. The van der Waals surface area contributed by atoms with Crippen LogP contribution in [0.3, 0.4) is 0 Å². The van der Waals surface area contributed by atoms with Gasteiger partial charge >= 0.3 is 0 Å². The molecule has 7 heteroatoms. The molecule has 0 aliphatic carbocycles. The van der Waals surface area contributed by atoms with Crippen LogP contribution in [-0.4, -0.2) is 59.5 Å². The first-order chi connectivity index (χ1) is 13.6. The first kappa shape index (κ1) is 18.8. The number of thiophene rings is 1. The zero-order chi connectivity index (χ0) is 19.5. The summed E-state index contributed by atoms with van der Waals surface area (Å²) in [5.74, 6) is 1.85. The van der Waals surface area contributed by atoms with E-state index in [0.717, 1.165) is 54.3 Å². The molecule has 1 aromatic carbocycles. The van der Waals surface area contributed by atoms with Crippen molar-refractivity contribution in [2.45, 2.75) is 19.9 Å². The fraction of sp³-hybridized carbons (Fsp3) is 0.381. The molecule has 1 N–H and O–H groups in total. The van der Waals surface area contributed by atoms with Crippen LogP contribution in [0, 0.1) is 0 Å². The second-order valence-electron chi connectivity index (χ2n) is 7.39. The average molecular weight is 396 g/mol. The Morgan fingerprint density at radius 3 is 2.64 bits per heavy atom. The van der Waals surface area contributed by atoms with Gasteiger partial charge in [0.2, 0.25) is 5.91 Å². The number of fused-ring (bicyclic) bond motifs is 1. The molecule has 1 fully saturated rings. The van der Waals surface area contributed by atoms with Gasteiger partial charge in [-0.3, -0.25) is 9.69 Å². The highest BCUT2D eigenvalue weighted by atomic mass is 32.1. The van der Waals surface area contributed by atoms with Crippen LogP contribution in [0.25, 0.3) is 22.3 Å². The van der Waals surface area contributed by atoms with Gasteiger partial charge in [-0.2, -0.15) is 11.3 Å². The van der Waals surface area contributed by atoms with E-state index in [1.807, 2.05) is 32.0 Å². The maximum atomic E-state index is 12.0. The molecule has 6 nitrogen and oxygen atoms in total. The number of anilines is 1. The van der Waals surface area contributed by atoms with Crippen LogP contribution >= 0.6 is 11.3 Å². The molecule has 0 atom stereocenters. The predicted molar refractivity (Wildman–Crippen MR) is 115 cm³/mol. The van der Waals surface area contributed by atoms with E-state index < -0.39 is 0 Å². The Morgan fingerprint density at radius 1 is 1.14 bits per heavy atom. The van der Waals surface area contributed by atoms with Crippen molar-refractivity contribution in [3.8, 4) is 11.4 Å². The lowest BCUT2D eigenvalue weighted by molar-refractivity contribution is -0.122. The summed E-state index contributed by atoms with van der Waals surface area (Å²) in [6.45, 7) is 7.81. The smallest absolute Gasteiger partial charge is 0.234 e. The lowest BCUT2D eigenvalue weighted by Gasteiger charge is -2.35. The van der Waals surface area contributed by atoms with Gasteiger partial charge < -0.3 is 10.2 Å². The Kier molecular flexibility index (Phi) is 5.54. The van der Waals surface area contributed by atoms with Crippen LogP contribution in [0.4, 0.5) is 5.82 Å². The van der Waals surface area contributed by atoms with Crippen molar-refractivity contribution in [2.24, 2.45) is 0 Å². The second-order valence-corrected chi connectivity index (χ2v) is 8.17. The summed E-state index contributed by atoms with van der Waals surface area (Å²) in [4.78, 5) is 26.2. The van der Waals surface area contributed by atoms with Crippen molar-refractivity contribution in [3.05, 3.63) is 41.1 Å². The minimum atomic E-state index is 0.0932. The van der Waals surface area contributed by atoms with Crippen LogP contribution < -0.4 is 10.2 Å². The van der Waals surface area contributed by atoms with Crippen LogP contribution in [0.5, 0.6) is 0 Å². The van der Waals surface area contributed by atoms with Crippen LogP contribution in [-0.2, 0) is 4.79 Å². The molecule has 3 aromatic rings. The highest BCUT2D eigenvalue weighted by Gasteiger charge is 2.22. The van der Waals surface area contributed by atoms with Crippen molar-refractivity contribution < 1.29 is 4.79 Å². The van der Waals surface area contributed by atoms with Gasteiger partial charge in [-0.15, -0.1) is 0 Å². The number of carbonyl (C=O) groups is 1. The molecule has 4 rings (SSSR count). The van der Waals surface area contributed by atoms with Gasteiger partial charge in [0, 0.05) is 48.6 Å². The molecule has 0 saturated carbocycles. The number of amides is 1. The molecule has 1 amide bonds. The number of benzene rings is 1. The number of piperazine rings is 1. The lowest BCUT2D eigenvalue weighted by atomic mass is 10.2. The highest BCUT2D eigenvalue weighted by molar-refractivity contribution is 7.08. The number of hydrogen-bond acceptors (Lipinski definition) is 6. The van der Waals surface area contributed by atoms with E-state index in [9.17, 15) is 4.79 Å². The van der Waals surface area contributed by atoms with Crippen molar-refractivity contribution in [1.82, 2.24) is 20.2 Å². The van der Waals surface area contributed by atoms with Crippen LogP contribution in [0.2, 0.25) is 0 Å². The molecule has 0 spiro atoms. The quantitative estimate of drug-likeness (QED) is 0.720. The Hall–Kier alpha value is -2.51. The van der Waals surface area contributed by atoms with Gasteiger partial charge in [-0.05, 0) is 37.4 Å². The molecular formula is C21H25N5OS. The molecule has 28 heavy (non-hydrogen) atoms. The van der Waals surface area contributed by atoms with E-state index in [1.54, 1.807) is 11.3 Å². The monoisotopic (exact) mass is 395 g/mol. The third-order valence-corrected chi connectivity index (χ3v) is 5.53. The molecule has 0 bridgehead atoms. The van der Waals surface area contributed by atoms with Crippen molar-refractivity contribution >= 4 is 34.0 Å². The standard InChI is InChI=1S/C21H25N5OS/c1-15(2)22-19(27)13-25-8-10-26(11-9-25)21-17-5-3-4-6-18(17)23-20(24-21)16-7-12-28-14-16/h3-7,12,14-15H,8-11,13H2,1-2H3,(H,22,27). The van der Waals surface area contributed by atoms with E-state index in [4.69, 9.17) is 9.97 Å². The normalized spacial score (nSPS) is 15.3. The summed E-state index contributed by atoms with van der Waals surface area (Å²) in [6.07, 6.45) is 0. The zero-order valence-corrected chi connectivity index (χ0v) is 17.1. The molecule has 146 valence electrons. The van der Waals surface area contributed by atoms with Crippen molar-refractivity contribution in [1.29, 1.82) is 0 Å². The SMILES string of the molecule is CC(C)NC(=O)CN1CCN(c2nc(-c3ccsc3)nc3ccccc23)CC1. The molecular weight excluding hydrogens is 370 g/mol. The van der Waals surface area contributed by atoms with Gasteiger partial charge in [0.1, 0.15) is 5.82 Å². The third-order valence-electron chi connectivity index (χ3n) is 4.85. The number of aromatic nitrogens is 2. The maximum absolute atomic E-state index is 12.0. The van der Waals surface area contributed by atoms with E-state index >= 15 is 0 Å². The largest absolute Gasteiger partial charge is 0.353 e. The number of carbonyl (C=O) groups excluding carboxylic acids is 1. The number of hydrogen-bond donors (Lipinski definition) is 1. The molecule has 0 unspecified atom stereocenters. The summed E-state index contributed by atoms with van der Waals surface area (Å²) >= 11 is 1.65. The number of nitrogens with zero attached hydrogens (tertiary/aromatic N) is 4. The predicted octanol–water partition coefficient (Wildman–Crippen LogP) is 3.00. The van der Waals surface area contributed by atoms with E-state index in [-0.39, 0.29) is 11.9 Å². The van der Waals surface area contributed by atoms with E-state index in [2.05, 4.69) is 38.0 Å². The summed E-state index contributed by atoms with van der Waals surface area (Å²) < 4.78 is 0. The topological polar surface area (TPSA) is 61.4 Å². The summed E-state index contributed by atoms with van der Waals surface area (Å²) in [7, 11) is 0. The van der Waals surface area contributed by atoms with Crippen LogP contribution in [0.1, 0.15) is 13.8 Å². The van der Waals surface area contributed by atoms with Gasteiger partial charge in [-0.25, -0.2) is 9.97 Å². The number of nitrogens with one attached hydrogen (secondary N) is 1. The minimum Gasteiger partial charge on any atom is -0.353 e. The van der Waals surface area contributed by atoms with E-state index in [0.29, 0.717) is 6.54 Å². The van der Waals surface area contributed by atoms with Crippen molar-refractivity contribution in [2.75, 3.05) is 37.6 Å². The second kappa shape index (κ2) is 8.24. The van der Waals surface area contributed by atoms with Gasteiger partial charge in [0.15, 0.2) is 5.82 Å². The maximum Gasteiger partial charge on any atom is 0.234 e. The highest BCUT2D eigenvalue weighted by Crippen LogP contribution is 2.29. The van der Waals surface area contributed by atoms with Gasteiger partial charge in [0.05, 0.1) is 12.1 Å². The fourth-order valence-corrected chi connectivity index (χ4v) is 4.14. The van der Waals surface area contributed by atoms with Crippen molar-refractivity contribution in [3.63, 3.8) is 0 Å². The molecule has 1 aliphatic heterocycles. The molecule has 3 heterocycles. The van der Waals surface area contributed by atoms with E-state index in [1.165, 1.54) is 0 Å². The minimum absolute atomic E-state index is 0.0932. The molecule has 2 aromatic heterocycles. The number of rotatable bonds is 5.